The molecule has 0 saturated heterocycles. The first-order valence-corrected chi connectivity index (χ1v) is 5.01. The number of H-pyrrole nitrogens is 2. The van der Waals surface area contributed by atoms with Crippen molar-refractivity contribution in [3.63, 3.8) is 0 Å². The summed E-state index contributed by atoms with van der Waals surface area (Å²) in [5.41, 5.74) is 0.913. The molecule has 0 atom stereocenters. The van der Waals surface area contributed by atoms with E-state index in [0.29, 0.717) is 16.3 Å². The highest BCUT2D eigenvalue weighted by atomic mass is 79.9. The van der Waals surface area contributed by atoms with Crippen LogP contribution in [0.1, 0.15) is 5.69 Å². The molecule has 0 fully saturated rings. The summed E-state index contributed by atoms with van der Waals surface area (Å²) < 4.78 is 1.31. The summed E-state index contributed by atoms with van der Waals surface area (Å²) in [6.07, 6.45) is 1.42. The number of nitrogens with zero attached hydrogens (tertiary/aromatic N) is 3. The largest absolute Gasteiger partial charge is 0.340 e. The van der Waals surface area contributed by atoms with Gasteiger partial charge in [0.2, 0.25) is 0 Å². The van der Waals surface area contributed by atoms with Gasteiger partial charge in [-0.2, -0.15) is 5.10 Å². The fourth-order valence-electron chi connectivity index (χ4n) is 1.00. The van der Waals surface area contributed by atoms with E-state index >= 15 is 0 Å². The molecule has 0 unspecified atom stereocenters. The molecular formula is C7H6BrN5S. The van der Waals surface area contributed by atoms with E-state index in [0.717, 1.165) is 10.2 Å². The molecule has 7 heteroatoms. The number of aryl methyl sites for hydroxylation is 1. The van der Waals surface area contributed by atoms with Crippen LogP contribution >= 0.6 is 28.1 Å². The maximum absolute atomic E-state index is 5.06. The second-order valence-corrected chi connectivity index (χ2v) is 3.84. The quantitative estimate of drug-likeness (QED) is 0.779. The second kappa shape index (κ2) is 3.58. The third kappa shape index (κ3) is 1.60. The zero-order valence-electron chi connectivity index (χ0n) is 7.21. The van der Waals surface area contributed by atoms with Gasteiger partial charge in [-0.25, -0.2) is 9.97 Å². The van der Waals surface area contributed by atoms with Crippen molar-refractivity contribution >= 4 is 28.1 Å². The molecule has 2 N–H and O–H groups in total. The van der Waals surface area contributed by atoms with Gasteiger partial charge in [-0.15, -0.1) is 0 Å². The molecule has 5 nitrogen and oxygen atoms in total. The average molecular weight is 272 g/mol. The summed E-state index contributed by atoms with van der Waals surface area (Å²) in [5.74, 6) is 1.17. The third-order valence-electron chi connectivity index (χ3n) is 1.68. The molecule has 0 aliphatic rings. The lowest BCUT2D eigenvalue weighted by atomic mass is 10.4. The molecule has 0 aromatic carbocycles. The summed E-state index contributed by atoms with van der Waals surface area (Å²) in [5, 5.41) is 6.45. The van der Waals surface area contributed by atoms with Crippen LogP contribution in [0.25, 0.3) is 11.6 Å². The Balaban J connectivity index is 2.63. The minimum atomic E-state index is 0.507. The monoisotopic (exact) mass is 271 g/mol. The predicted octanol–water partition coefficient (Wildman–Crippen LogP) is 2.00. The Bertz CT molecular complexity index is 503. The summed E-state index contributed by atoms with van der Waals surface area (Å²) in [4.78, 5) is 11.2. The molecule has 2 heterocycles. The minimum Gasteiger partial charge on any atom is -0.340 e. The lowest BCUT2D eigenvalue weighted by Gasteiger charge is -2.01. The Morgan fingerprint density at radius 1 is 1.43 bits per heavy atom. The van der Waals surface area contributed by atoms with Crippen LogP contribution in [0.5, 0.6) is 0 Å². The van der Waals surface area contributed by atoms with Crippen molar-refractivity contribution in [2.75, 3.05) is 0 Å². The smallest absolute Gasteiger partial charge is 0.191 e. The molecule has 0 saturated carbocycles. The average Bonchev–Trinajstić information content (AvgIpc) is 2.66. The second-order valence-electron chi connectivity index (χ2n) is 2.66. The number of aromatic nitrogens is 5. The van der Waals surface area contributed by atoms with Gasteiger partial charge in [0.1, 0.15) is 11.0 Å². The van der Waals surface area contributed by atoms with Gasteiger partial charge in [0.05, 0.1) is 4.47 Å². The molecule has 72 valence electrons. The normalized spacial score (nSPS) is 10.4. The van der Waals surface area contributed by atoms with E-state index < -0.39 is 0 Å². The number of hydrogen-bond donors (Lipinski definition) is 2. The van der Waals surface area contributed by atoms with Crippen molar-refractivity contribution in [1.82, 2.24) is 25.1 Å². The highest BCUT2D eigenvalue weighted by Gasteiger charge is 2.06. The Morgan fingerprint density at radius 3 is 2.79 bits per heavy atom. The van der Waals surface area contributed by atoms with Crippen LogP contribution < -0.4 is 0 Å². The Hall–Kier alpha value is -1.08. The lowest BCUT2D eigenvalue weighted by Crippen LogP contribution is -1.95. The van der Waals surface area contributed by atoms with E-state index in [4.69, 9.17) is 12.2 Å². The number of nitrogens with one attached hydrogen (secondary N) is 2. The number of rotatable bonds is 1. The third-order valence-corrected chi connectivity index (χ3v) is 3.20. The van der Waals surface area contributed by atoms with Crippen LogP contribution in [-0.4, -0.2) is 25.1 Å². The number of aromatic amines is 2. The van der Waals surface area contributed by atoms with Gasteiger partial charge in [0, 0.05) is 5.69 Å². The van der Waals surface area contributed by atoms with Crippen LogP contribution in [0.15, 0.2) is 10.8 Å². The van der Waals surface area contributed by atoms with E-state index in [9.17, 15) is 0 Å². The van der Waals surface area contributed by atoms with Crippen molar-refractivity contribution in [2.24, 2.45) is 0 Å². The van der Waals surface area contributed by atoms with Gasteiger partial charge in [0.25, 0.3) is 0 Å². The molecule has 0 aliphatic heterocycles. The van der Waals surface area contributed by atoms with Gasteiger partial charge < -0.3 is 4.98 Å². The zero-order chi connectivity index (χ0) is 10.1. The topological polar surface area (TPSA) is 70.2 Å². The Labute approximate surface area is 93.1 Å². The van der Waals surface area contributed by atoms with Gasteiger partial charge in [-0.05, 0) is 22.9 Å². The Morgan fingerprint density at radius 2 is 2.21 bits per heavy atom. The van der Waals surface area contributed by atoms with E-state index in [1.54, 1.807) is 0 Å². The first-order chi connectivity index (χ1) is 6.68. The highest BCUT2D eigenvalue weighted by Crippen LogP contribution is 2.17. The molecule has 14 heavy (non-hydrogen) atoms. The molecule has 2 aromatic heterocycles. The molecule has 0 aliphatic carbocycles. The van der Waals surface area contributed by atoms with Gasteiger partial charge >= 0.3 is 0 Å². The zero-order valence-corrected chi connectivity index (χ0v) is 9.61. The van der Waals surface area contributed by atoms with Gasteiger partial charge in [0.15, 0.2) is 11.6 Å². The van der Waals surface area contributed by atoms with E-state index in [1.165, 1.54) is 6.33 Å². The lowest BCUT2D eigenvalue weighted by molar-refractivity contribution is 1.03. The molecule has 2 rings (SSSR count). The summed E-state index contributed by atoms with van der Waals surface area (Å²) in [6.45, 7) is 1.90. The summed E-state index contributed by atoms with van der Waals surface area (Å²) in [7, 11) is 0. The molecule has 0 bridgehead atoms. The minimum absolute atomic E-state index is 0.507. The molecule has 0 radical (unpaired) electrons. The first-order valence-electron chi connectivity index (χ1n) is 3.80. The van der Waals surface area contributed by atoms with Crippen molar-refractivity contribution < 1.29 is 0 Å². The highest BCUT2D eigenvalue weighted by molar-refractivity contribution is 9.10. The van der Waals surface area contributed by atoms with Crippen LogP contribution in [0.3, 0.4) is 0 Å². The van der Waals surface area contributed by atoms with E-state index in [-0.39, 0.29) is 0 Å². The van der Waals surface area contributed by atoms with E-state index in [1.807, 2.05) is 6.92 Å². The molecule has 2 aromatic rings. The molecule has 0 spiro atoms. The van der Waals surface area contributed by atoms with E-state index in [2.05, 4.69) is 41.1 Å². The predicted molar refractivity (Wildman–Crippen MR) is 57.2 cm³/mol. The standard InChI is InChI=1S/C7H6BrN5S/c1-3-4(8)7(14)12-6(11-3)5-9-2-10-13-5/h2H,1H3,(H,9,10,13)(H,11,12,14). The number of halogens is 1. The van der Waals surface area contributed by atoms with Crippen LogP contribution in [0.4, 0.5) is 0 Å². The number of hydrogen-bond acceptors (Lipinski definition) is 4. The Kier molecular flexibility index (Phi) is 2.42. The summed E-state index contributed by atoms with van der Waals surface area (Å²) in [6, 6.07) is 0. The van der Waals surface area contributed by atoms with Crippen LogP contribution in [0, 0.1) is 11.6 Å². The van der Waals surface area contributed by atoms with Crippen molar-refractivity contribution in [1.29, 1.82) is 0 Å². The van der Waals surface area contributed by atoms with Crippen LogP contribution in [0.2, 0.25) is 0 Å². The van der Waals surface area contributed by atoms with Crippen LogP contribution in [-0.2, 0) is 0 Å². The van der Waals surface area contributed by atoms with Crippen molar-refractivity contribution in [2.45, 2.75) is 6.92 Å². The van der Waals surface area contributed by atoms with Crippen molar-refractivity contribution in [3.8, 4) is 11.6 Å². The SMILES string of the molecule is Cc1[nH]c(-c2ncn[nH]2)nc(=S)c1Br. The summed E-state index contributed by atoms with van der Waals surface area (Å²) >= 11 is 8.39. The first kappa shape index (κ1) is 9.47. The fourth-order valence-corrected chi connectivity index (χ4v) is 1.44. The van der Waals surface area contributed by atoms with Gasteiger partial charge in [-0.3, -0.25) is 5.10 Å². The van der Waals surface area contributed by atoms with Gasteiger partial charge in [-0.1, -0.05) is 12.2 Å². The fraction of sp³-hybridized carbons (Fsp3) is 0.143. The maximum atomic E-state index is 5.06. The molecule has 0 amide bonds. The maximum Gasteiger partial charge on any atom is 0.191 e. The molecular weight excluding hydrogens is 266 g/mol. The van der Waals surface area contributed by atoms with Crippen molar-refractivity contribution in [3.05, 3.63) is 21.1 Å².